The molecule has 0 radical (unpaired) electrons. The zero-order chi connectivity index (χ0) is 17.8. The molecule has 1 aliphatic heterocycles. The first-order valence-corrected chi connectivity index (χ1v) is 8.82. The Hall–Kier alpha value is -2.11. The van der Waals surface area contributed by atoms with Crippen LogP contribution in [0.4, 0.5) is 0 Å². The number of nitrogens with zero attached hydrogens (tertiary/aromatic N) is 1. The molecule has 1 saturated heterocycles. The number of carbonyl (C=O) groups is 1. The summed E-state index contributed by atoms with van der Waals surface area (Å²) in [5.41, 5.74) is 1.31. The fraction of sp³-hybridized carbons (Fsp3) is 0.263. The second kappa shape index (κ2) is 7.85. The topological polar surface area (TPSA) is 38.8 Å². The first-order chi connectivity index (χ1) is 12.1. The molecule has 25 heavy (non-hydrogen) atoms. The van der Waals surface area contributed by atoms with E-state index in [1.807, 2.05) is 12.1 Å². The van der Waals surface area contributed by atoms with Crippen molar-refractivity contribution in [1.82, 2.24) is 4.90 Å². The lowest BCUT2D eigenvalue weighted by Crippen LogP contribution is -2.26. The Balaban J connectivity index is 1.78. The van der Waals surface area contributed by atoms with Gasteiger partial charge in [-0.3, -0.25) is 0 Å². The van der Waals surface area contributed by atoms with E-state index < -0.39 is 5.97 Å². The summed E-state index contributed by atoms with van der Waals surface area (Å²) < 4.78 is 10.8. The Morgan fingerprint density at radius 1 is 1.04 bits per heavy atom. The van der Waals surface area contributed by atoms with Crippen LogP contribution in [0.15, 0.2) is 42.5 Å². The van der Waals surface area contributed by atoms with Gasteiger partial charge in [0.1, 0.15) is 4.99 Å². The molecule has 2 aromatic rings. The lowest BCUT2D eigenvalue weighted by molar-refractivity contribution is 0.0729. The molecule has 3 rings (SSSR count). The van der Waals surface area contributed by atoms with Gasteiger partial charge < -0.3 is 14.4 Å². The summed E-state index contributed by atoms with van der Waals surface area (Å²) in [5.74, 6) is 0.363. The van der Waals surface area contributed by atoms with Gasteiger partial charge in [0.05, 0.1) is 12.7 Å². The minimum absolute atomic E-state index is 0.357. The predicted octanol–water partition coefficient (Wildman–Crippen LogP) is 4.34. The molecule has 0 aliphatic carbocycles. The molecule has 1 heterocycles. The molecule has 0 saturated carbocycles. The first kappa shape index (κ1) is 17.7. The SMILES string of the molecule is COc1cc(C(=S)N2CCCC2)ccc1OC(=O)c1ccc(Cl)cc1. The molecular formula is C19H18ClNO3S. The summed E-state index contributed by atoms with van der Waals surface area (Å²) in [7, 11) is 1.54. The standard InChI is InChI=1S/C19H18ClNO3S/c1-23-17-12-14(18(25)21-10-2-3-11-21)6-9-16(17)24-19(22)13-4-7-15(20)8-5-13/h4-9,12H,2-3,10-11H2,1H3. The van der Waals surface area contributed by atoms with Crippen LogP contribution in [-0.4, -0.2) is 36.1 Å². The fourth-order valence-corrected chi connectivity index (χ4v) is 3.17. The highest BCUT2D eigenvalue weighted by molar-refractivity contribution is 7.80. The highest BCUT2D eigenvalue weighted by Crippen LogP contribution is 2.30. The Morgan fingerprint density at radius 3 is 2.32 bits per heavy atom. The van der Waals surface area contributed by atoms with Crippen molar-refractivity contribution in [2.75, 3.05) is 20.2 Å². The van der Waals surface area contributed by atoms with Gasteiger partial charge in [-0.15, -0.1) is 0 Å². The van der Waals surface area contributed by atoms with Crippen molar-refractivity contribution < 1.29 is 14.3 Å². The number of hydrogen-bond donors (Lipinski definition) is 0. The van der Waals surface area contributed by atoms with E-state index in [0.29, 0.717) is 22.1 Å². The molecule has 130 valence electrons. The van der Waals surface area contributed by atoms with E-state index in [4.69, 9.17) is 33.3 Å². The quantitative estimate of drug-likeness (QED) is 0.451. The van der Waals surface area contributed by atoms with Gasteiger partial charge in [0.15, 0.2) is 11.5 Å². The van der Waals surface area contributed by atoms with Crippen molar-refractivity contribution in [2.45, 2.75) is 12.8 Å². The minimum atomic E-state index is -0.468. The van der Waals surface area contributed by atoms with E-state index in [1.54, 1.807) is 30.3 Å². The Kier molecular flexibility index (Phi) is 5.56. The van der Waals surface area contributed by atoms with E-state index >= 15 is 0 Å². The van der Waals surface area contributed by atoms with Crippen LogP contribution in [-0.2, 0) is 0 Å². The number of likely N-dealkylation sites (tertiary alicyclic amines) is 1. The van der Waals surface area contributed by atoms with Crippen LogP contribution in [0.25, 0.3) is 0 Å². The van der Waals surface area contributed by atoms with Gasteiger partial charge in [-0.2, -0.15) is 0 Å². The maximum absolute atomic E-state index is 12.3. The molecule has 1 fully saturated rings. The lowest BCUT2D eigenvalue weighted by Gasteiger charge is -2.19. The second-order valence-corrected chi connectivity index (χ2v) is 6.58. The maximum atomic E-state index is 12.3. The molecule has 6 heteroatoms. The average molecular weight is 376 g/mol. The molecule has 0 spiro atoms. The molecular weight excluding hydrogens is 358 g/mol. The van der Waals surface area contributed by atoms with Crippen molar-refractivity contribution in [3.8, 4) is 11.5 Å². The van der Waals surface area contributed by atoms with Gasteiger partial charge in [-0.05, 0) is 55.3 Å². The third-order valence-corrected chi connectivity index (χ3v) is 4.83. The van der Waals surface area contributed by atoms with Crippen LogP contribution in [0.1, 0.15) is 28.8 Å². The van der Waals surface area contributed by atoms with Gasteiger partial charge in [-0.1, -0.05) is 23.8 Å². The minimum Gasteiger partial charge on any atom is -0.493 e. The molecule has 0 N–H and O–H groups in total. The summed E-state index contributed by atoms with van der Waals surface area (Å²) in [5, 5.41) is 0.564. The van der Waals surface area contributed by atoms with Gasteiger partial charge in [0.2, 0.25) is 0 Å². The van der Waals surface area contributed by atoms with Crippen LogP contribution in [0.3, 0.4) is 0 Å². The Bertz CT molecular complexity index is 786. The van der Waals surface area contributed by atoms with E-state index in [0.717, 1.165) is 36.5 Å². The Labute approximate surface area is 157 Å². The number of hydrogen-bond acceptors (Lipinski definition) is 4. The lowest BCUT2D eigenvalue weighted by atomic mass is 10.2. The number of thiocarbonyl (C=S) groups is 1. The summed E-state index contributed by atoms with van der Waals surface area (Å²) in [6, 6.07) is 11.9. The van der Waals surface area contributed by atoms with E-state index in [2.05, 4.69) is 4.90 Å². The molecule has 4 nitrogen and oxygen atoms in total. The summed E-state index contributed by atoms with van der Waals surface area (Å²) in [4.78, 5) is 15.2. The number of carbonyl (C=O) groups excluding carboxylic acids is 1. The van der Waals surface area contributed by atoms with Crippen LogP contribution in [0.2, 0.25) is 5.02 Å². The largest absolute Gasteiger partial charge is 0.493 e. The van der Waals surface area contributed by atoms with Crippen LogP contribution in [0.5, 0.6) is 11.5 Å². The fourth-order valence-electron chi connectivity index (χ4n) is 2.73. The highest BCUT2D eigenvalue weighted by Gasteiger charge is 2.19. The first-order valence-electron chi connectivity index (χ1n) is 8.03. The smallest absolute Gasteiger partial charge is 0.343 e. The normalized spacial score (nSPS) is 13.6. The van der Waals surface area contributed by atoms with Crippen molar-refractivity contribution in [2.24, 2.45) is 0 Å². The second-order valence-electron chi connectivity index (χ2n) is 5.76. The molecule has 0 unspecified atom stereocenters. The maximum Gasteiger partial charge on any atom is 0.343 e. The van der Waals surface area contributed by atoms with Gasteiger partial charge in [0.25, 0.3) is 0 Å². The summed E-state index contributed by atoms with van der Waals surface area (Å²) in [6.45, 7) is 1.96. The number of esters is 1. The van der Waals surface area contributed by atoms with Gasteiger partial charge in [0, 0.05) is 23.7 Å². The van der Waals surface area contributed by atoms with Crippen molar-refractivity contribution in [1.29, 1.82) is 0 Å². The molecule has 0 aromatic heterocycles. The molecule has 2 aromatic carbocycles. The van der Waals surface area contributed by atoms with E-state index in [1.165, 1.54) is 7.11 Å². The number of ether oxygens (including phenoxy) is 2. The monoisotopic (exact) mass is 375 g/mol. The zero-order valence-corrected chi connectivity index (χ0v) is 15.4. The number of methoxy groups -OCH3 is 1. The summed E-state index contributed by atoms with van der Waals surface area (Å²) >= 11 is 11.4. The summed E-state index contributed by atoms with van der Waals surface area (Å²) in [6.07, 6.45) is 2.32. The predicted molar refractivity (Wildman–Crippen MR) is 102 cm³/mol. The highest BCUT2D eigenvalue weighted by atomic mass is 35.5. The molecule has 0 atom stereocenters. The Morgan fingerprint density at radius 2 is 1.68 bits per heavy atom. The van der Waals surface area contributed by atoms with Crippen molar-refractivity contribution >= 4 is 34.8 Å². The van der Waals surface area contributed by atoms with Crippen LogP contribution >= 0.6 is 23.8 Å². The van der Waals surface area contributed by atoms with Crippen LogP contribution < -0.4 is 9.47 Å². The van der Waals surface area contributed by atoms with Crippen molar-refractivity contribution in [3.63, 3.8) is 0 Å². The van der Waals surface area contributed by atoms with Crippen molar-refractivity contribution in [3.05, 3.63) is 58.6 Å². The van der Waals surface area contributed by atoms with E-state index in [-0.39, 0.29) is 0 Å². The molecule has 1 aliphatic rings. The molecule has 0 bridgehead atoms. The van der Waals surface area contributed by atoms with Gasteiger partial charge in [-0.25, -0.2) is 4.79 Å². The third kappa shape index (κ3) is 4.11. The average Bonchev–Trinajstić information content (AvgIpc) is 3.16. The van der Waals surface area contributed by atoms with E-state index in [9.17, 15) is 4.79 Å². The zero-order valence-electron chi connectivity index (χ0n) is 13.8. The third-order valence-electron chi connectivity index (χ3n) is 4.09. The number of rotatable bonds is 4. The van der Waals surface area contributed by atoms with Gasteiger partial charge >= 0.3 is 5.97 Å². The molecule has 0 amide bonds. The number of halogens is 1. The van der Waals surface area contributed by atoms with Crippen LogP contribution in [0, 0.1) is 0 Å². The number of benzene rings is 2.